The molecule has 0 N–H and O–H groups in total. The Morgan fingerprint density at radius 2 is 1.83 bits per heavy atom. The smallest absolute Gasteiger partial charge is 0.110 e. The molecule has 0 bridgehead atoms. The van der Waals surface area contributed by atoms with E-state index in [1.165, 1.54) is 10.9 Å². The van der Waals surface area contributed by atoms with Crippen LogP contribution in [0.5, 0.6) is 0 Å². The summed E-state index contributed by atoms with van der Waals surface area (Å²) >= 11 is 0. The van der Waals surface area contributed by atoms with E-state index in [2.05, 4.69) is 39.9 Å². The Balaban J connectivity index is 3.08. The average Bonchev–Trinajstić information content (AvgIpc) is 2.30. The van der Waals surface area contributed by atoms with Gasteiger partial charge in [-0.2, -0.15) is 0 Å². The lowest BCUT2D eigenvalue weighted by molar-refractivity contribution is 0.564. The Hall–Kier alpha value is -0.503. The van der Waals surface area contributed by atoms with Gasteiger partial charge in [0.05, 0.1) is 11.6 Å². The molecule has 1 rings (SSSR count). The van der Waals surface area contributed by atoms with E-state index >= 15 is 0 Å². The zero-order valence-electron chi connectivity index (χ0n) is 8.64. The van der Waals surface area contributed by atoms with E-state index in [1.54, 1.807) is 0 Å². The monoisotopic (exact) mass is 182 g/mol. The first-order chi connectivity index (χ1) is 5.43. The van der Waals surface area contributed by atoms with Crippen LogP contribution in [0.3, 0.4) is 0 Å². The largest absolute Gasteiger partial charge is 0.475 e. The van der Waals surface area contributed by atoms with Crippen molar-refractivity contribution in [1.82, 2.24) is 0 Å². The van der Waals surface area contributed by atoms with Gasteiger partial charge in [0.25, 0.3) is 0 Å². The molecule has 0 spiro atoms. The van der Waals surface area contributed by atoms with E-state index < -0.39 is 8.80 Å². The first-order valence-corrected chi connectivity index (χ1v) is 7.39. The fourth-order valence-electron chi connectivity index (χ4n) is 1.39. The molecular formula is C10H18OSi. The molecule has 0 amide bonds. The molecule has 1 aromatic heterocycles. The van der Waals surface area contributed by atoms with E-state index in [1.807, 2.05) is 6.26 Å². The van der Waals surface area contributed by atoms with Crippen molar-refractivity contribution in [2.45, 2.75) is 39.3 Å². The van der Waals surface area contributed by atoms with Crippen LogP contribution >= 0.6 is 0 Å². The molecule has 0 radical (unpaired) electrons. The Morgan fingerprint density at radius 3 is 2.17 bits per heavy atom. The number of hydrogen-bond donors (Lipinski definition) is 0. The first kappa shape index (κ1) is 9.58. The summed E-state index contributed by atoms with van der Waals surface area (Å²) in [6.45, 7) is 11.3. The summed E-state index contributed by atoms with van der Waals surface area (Å²) in [6.07, 6.45) is 1.82. The van der Waals surface area contributed by atoms with Crippen molar-refractivity contribution in [2.75, 3.05) is 0 Å². The molecule has 0 saturated carbocycles. The Labute approximate surface area is 76.4 Å². The number of hydrogen-bond acceptors (Lipinski definition) is 1. The van der Waals surface area contributed by atoms with Crippen molar-refractivity contribution >= 4 is 14.2 Å². The summed E-state index contributed by atoms with van der Waals surface area (Å²) in [6, 6.07) is 2.11. The topological polar surface area (TPSA) is 13.1 Å². The molecule has 68 valence electrons. The molecule has 0 saturated heterocycles. The normalized spacial score (nSPS) is 12.5. The maximum atomic E-state index is 5.51. The predicted octanol–water partition coefficient (Wildman–Crippen LogP) is 2.27. The summed E-state index contributed by atoms with van der Waals surface area (Å²) in [7, 11) is -0.786. The SMILES string of the molecule is C[SiH](C)c1occc1C(C)(C)C. The molecule has 0 unspecified atom stereocenters. The van der Waals surface area contributed by atoms with Gasteiger partial charge < -0.3 is 4.42 Å². The van der Waals surface area contributed by atoms with Gasteiger partial charge in [-0.05, 0) is 17.0 Å². The molecule has 0 aliphatic heterocycles. The Morgan fingerprint density at radius 1 is 1.25 bits per heavy atom. The van der Waals surface area contributed by atoms with Gasteiger partial charge in [-0.1, -0.05) is 33.9 Å². The van der Waals surface area contributed by atoms with Gasteiger partial charge in [-0.15, -0.1) is 0 Å². The lowest BCUT2D eigenvalue weighted by Gasteiger charge is -2.19. The fourth-order valence-corrected chi connectivity index (χ4v) is 2.89. The minimum Gasteiger partial charge on any atom is -0.475 e. The highest BCUT2D eigenvalue weighted by atomic mass is 28.3. The van der Waals surface area contributed by atoms with E-state index in [9.17, 15) is 0 Å². The molecule has 0 atom stereocenters. The second-order valence-electron chi connectivity index (χ2n) is 4.60. The van der Waals surface area contributed by atoms with Crippen LogP contribution in [0.4, 0.5) is 0 Å². The third kappa shape index (κ3) is 1.80. The maximum absolute atomic E-state index is 5.51. The average molecular weight is 182 g/mol. The van der Waals surface area contributed by atoms with Crippen molar-refractivity contribution in [3.05, 3.63) is 17.9 Å². The molecule has 0 aliphatic carbocycles. The summed E-state index contributed by atoms with van der Waals surface area (Å²) in [5.41, 5.74) is 1.63. The minimum absolute atomic E-state index is 0.236. The highest BCUT2D eigenvalue weighted by molar-refractivity contribution is 6.69. The highest BCUT2D eigenvalue weighted by Gasteiger charge is 2.21. The zero-order valence-corrected chi connectivity index (χ0v) is 9.79. The van der Waals surface area contributed by atoms with Crippen LogP contribution in [0.25, 0.3) is 0 Å². The molecule has 0 aliphatic rings. The van der Waals surface area contributed by atoms with Gasteiger partial charge in [-0.3, -0.25) is 0 Å². The van der Waals surface area contributed by atoms with Gasteiger partial charge in [0, 0.05) is 0 Å². The number of furan rings is 1. The van der Waals surface area contributed by atoms with Crippen LogP contribution in [0.2, 0.25) is 13.1 Å². The van der Waals surface area contributed by atoms with E-state index in [0.29, 0.717) is 0 Å². The highest BCUT2D eigenvalue weighted by Crippen LogP contribution is 2.21. The van der Waals surface area contributed by atoms with Crippen LogP contribution in [0.1, 0.15) is 26.3 Å². The molecular weight excluding hydrogens is 164 g/mol. The summed E-state index contributed by atoms with van der Waals surface area (Å²) in [5.74, 6) is 0. The van der Waals surface area contributed by atoms with E-state index in [4.69, 9.17) is 4.42 Å². The molecule has 1 heterocycles. The van der Waals surface area contributed by atoms with Crippen molar-refractivity contribution in [3.8, 4) is 0 Å². The Kier molecular flexibility index (Phi) is 2.47. The molecule has 0 aromatic carbocycles. The molecule has 12 heavy (non-hydrogen) atoms. The van der Waals surface area contributed by atoms with Crippen LogP contribution in [0, 0.1) is 0 Å². The number of rotatable bonds is 1. The van der Waals surface area contributed by atoms with Crippen LogP contribution < -0.4 is 5.38 Å². The van der Waals surface area contributed by atoms with Gasteiger partial charge >= 0.3 is 0 Å². The van der Waals surface area contributed by atoms with E-state index in [-0.39, 0.29) is 5.41 Å². The Bertz CT molecular complexity index is 255. The first-order valence-electron chi connectivity index (χ1n) is 4.51. The minimum atomic E-state index is -0.786. The van der Waals surface area contributed by atoms with Gasteiger partial charge in [-0.25, -0.2) is 0 Å². The third-order valence-electron chi connectivity index (χ3n) is 2.03. The van der Waals surface area contributed by atoms with Crippen LogP contribution in [-0.4, -0.2) is 8.80 Å². The molecule has 1 aromatic rings. The zero-order chi connectivity index (χ0) is 9.35. The molecule has 0 fully saturated rings. The van der Waals surface area contributed by atoms with Gasteiger partial charge in [0.1, 0.15) is 8.80 Å². The lowest BCUT2D eigenvalue weighted by Crippen LogP contribution is -2.30. The van der Waals surface area contributed by atoms with Gasteiger partial charge in [0.15, 0.2) is 0 Å². The summed E-state index contributed by atoms with van der Waals surface area (Å²) < 4.78 is 5.51. The third-order valence-corrected chi connectivity index (χ3v) is 3.52. The second kappa shape index (κ2) is 3.09. The lowest BCUT2D eigenvalue weighted by atomic mass is 9.89. The van der Waals surface area contributed by atoms with Crippen molar-refractivity contribution in [1.29, 1.82) is 0 Å². The predicted molar refractivity (Wildman–Crippen MR) is 55.9 cm³/mol. The molecule has 2 heteroatoms. The summed E-state index contributed by atoms with van der Waals surface area (Å²) in [4.78, 5) is 0. The van der Waals surface area contributed by atoms with Crippen LogP contribution in [-0.2, 0) is 5.41 Å². The molecule has 1 nitrogen and oxygen atoms in total. The standard InChI is InChI=1S/C10H18OSi/c1-10(2,3)8-6-7-11-9(8)12(4)5/h6-7,12H,1-5H3. The quantitative estimate of drug-likeness (QED) is 0.607. The van der Waals surface area contributed by atoms with Crippen molar-refractivity contribution < 1.29 is 4.42 Å². The summed E-state index contributed by atoms with van der Waals surface area (Å²) in [5, 5.41) is 1.27. The fraction of sp³-hybridized carbons (Fsp3) is 0.600. The maximum Gasteiger partial charge on any atom is 0.110 e. The second-order valence-corrected chi connectivity index (χ2v) is 7.44. The van der Waals surface area contributed by atoms with Crippen molar-refractivity contribution in [3.63, 3.8) is 0 Å². The van der Waals surface area contributed by atoms with Crippen molar-refractivity contribution in [2.24, 2.45) is 0 Å². The van der Waals surface area contributed by atoms with E-state index in [0.717, 1.165) is 0 Å². The van der Waals surface area contributed by atoms with Gasteiger partial charge in [0.2, 0.25) is 0 Å². The van der Waals surface area contributed by atoms with Crippen LogP contribution in [0.15, 0.2) is 16.7 Å².